The van der Waals surface area contributed by atoms with Crippen LogP contribution in [0.5, 0.6) is 0 Å². The van der Waals surface area contributed by atoms with Gasteiger partial charge in [-0.2, -0.15) is 9.61 Å². The average Bonchev–Trinajstić information content (AvgIpc) is 2.96. The molecular weight excluding hydrogens is 320 g/mol. The zero-order chi connectivity index (χ0) is 18.3. The molecule has 0 unspecified atom stereocenters. The standard InChI is InChI=1S/C22H22N4/c1-14-10-11-19(12-15(14)2)24-20-13-16(3)23-22-17(4)21(25-26(20)22)18-8-6-5-7-9-18/h5-13,24H,1-4H3. The van der Waals surface area contributed by atoms with Gasteiger partial charge in [-0.15, -0.1) is 0 Å². The minimum absolute atomic E-state index is 0.884. The summed E-state index contributed by atoms with van der Waals surface area (Å²) < 4.78 is 1.90. The maximum atomic E-state index is 4.85. The second-order valence-electron chi connectivity index (χ2n) is 6.78. The highest BCUT2D eigenvalue weighted by atomic mass is 15.3. The molecule has 26 heavy (non-hydrogen) atoms. The van der Waals surface area contributed by atoms with Crippen LogP contribution in [0.15, 0.2) is 54.6 Å². The maximum Gasteiger partial charge on any atom is 0.161 e. The molecule has 0 aliphatic rings. The third-order valence-electron chi connectivity index (χ3n) is 4.77. The van der Waals surface area contributed by atoms with Crippen molar-refractivity contribution in [3.63, 3.8) is 0 Å². The Morgan fingerprint density at radius 1 is 0.846 bits per heavy atom. The van der Waals surface area contributed by atoms with Crippen LogP contribution in [0.4, 0.5) is 11.5 Å². The molecule has 4 rings (SSSR count). The first kappa shape index (κ1) is 16.3. The lowest BCUT2D eigenvalue weighted by atomic mass is 10.1. The van der Waals surface area contributed by atoms with Gasteiger partial charge in [0, 0.05) is 28.6 Å². The summed E-state index contributed by atoms with van der Waals surface area (Å²) in [5, 5.41) is 8.36. The molecule has 0 spiro atoms. The molecule has 4 nitrogen and oxygen atoms in total. The van der Waals surface area contributed by atoms with Gasteiger partial charge in [0.1, 0.15) is 5.82 Å². The smallest absolute Gasteiger partial charge is 0.161 e. The molecule has 2 aromatic carbocycles. The molecule has 2 aromatic heterocycles. The summed E-state index contributed by atoms with van der Waals surface area (Å²) in [6.07, 6.45) is 0. The van der Waals surface area contributed by atoms with Gasteiger partial charge < -0.3 is 5.32 Å². The highest BCUT2D eigenvalue weighted by Crippen LogP contribution is 2.28. The predicted molar refractivity (Wildman–Crippen MR) is 107 cm³/mol. The van der Waals surface area contributed by atoms with Gasteiger partial charge in [-0.05, 0) is 51.0 Å². The van der Waals surface area contributed by atoms with E-state index in [0.29, 0.717) is 0 Å². The van der Waals surface area contributed by atoms with Crippen molar-refractivity contribution in [3.05, 3.63) is 77.0 Å². The van der Waals surface area contributed by atoms with Crippen LogP contribution in [-0.4, -0.2) is 14.6 Å². The molecule has 0 aliphatic carbocycles. The van der Waals surface area contributed by atoms with Crippen molar-refractivity contribution in [2.24, 2.45) is 0 Å². The minimum atomic E-state index is 0.884. The lowest BCUT2D eigenvalue weighted by molar-refractivity contribution is 0.941. The number of rotatable bonds is 3. The monoisotopic (exact) mass is 342 g/mol. The largest absolute Gasteiger partial charge is 0.340 e. The van der Waals surface area contributed by atoms with Crippen LogP contribution in [0.25, 0.3) is 16.9 Å². The molecule has 0 saturated heterocycles. The average molecular weight is 342 g/mol. The van der Waals surface area contributed by atoms with Gasteiger partial charge in [-0.1, -0.05) is 36.4 Å². The van der Waals surface area contributed by atoms with E-state index in [0.717, 1.165) is 39.7 Å². The van der Waals surface area contributed by atoms with E-state index in [1.54, 1.807) is 0 Å². The Hall–Kier alpha value is -3.14. The van der Waals surface area contributed by atoms with Crippen molar-refractivity contribution in [3.8, 4) is 11.3 Å². The Morgan fingerprint density at radius 2 is 1.62 bits per heavy atom. The number of aryl methyl sites for hydroxylation is 4. The number of fused-ring (bicyclic) bond motifs is 1. The number of aromatic nitrogens is 3. The Bertz CT molecular complexity index is 1090. The fraction of sp³-hybridized carbons (Fsp3) is 0.182. The number of hydrogen-bond donors (Lipinski definition) is 1. The van der Waals surface area contributed by atoms with Crippen molar-refractivity contribution >= 4 is 17.2 Å². The van der Waals surface area contributed by atoms with Crippen LogP contribution >= 0.6 is 0 Å². The summed E-state index contributed by atoms with van der Waals surface area (Å²) in [7, 11) is 0. The molecule has 130 valence electrons. The molecule has 0 radical (unpaired) electrons. The van der Waals surface area contributed by atoms with E-state index >= 15 is 0 Å². The van der Waals surface area contributed by atoms with Gasteiger partial charge in [0.05, 0.1) is 5.69 Å². The van der Waals surface area contributed by atoms with Crippen LogP contribution in [0.1, 0.15) is 22.4 Å². The summed E-state index contributed by atoms with van der Waals surface area (Å²) in [6, 6.07) is 18.7. The number of nitrogens with one attached hydrogen (secondary N) is 1. The molecule has 0 aliphatic heterocycles. The highest BCUT2D eigenvalue weighted by Gasteiger charge is 2.15. The van der Waals surface area contributed by atoms with Crippen molar-refractivity contribution in [2.45, 2.75) is 27.7 Å². The second-order valence-corrected chi connectivity index (χ2v) is 6.78. The Balaban J connectivity index is 1.85. The number of benzene rings is 2. The molecule has 0 saturated carbocycles. The number of hydrogen-bond acceptors (Lipinski definition) is 3. The third kappa shape index (κ3) is 2.84. The molecular formula is C22H22N4. The molecule has 0 atom stereocenters. The Morgan fingerprint density at radius 3 is 2.35 bits per heavy atom. The van der Waals surface area contributed by atoms with Gasteiger partial charge in [0.25, 0.3) is 0 Å². The van der Waals surface area contributed by atoms with Gasteiger partial charge in [-0.25, -0.2) is 4.98 Å². The molecule has 4 aromatic rings. The van der Waals surface area contributed by atoms with E-state index < -0.39 is 0 Å². The highest BCUT2D eigenvalue weighted by molar-refractivity contribution is 5.72. The summed E-state index contributed by atoms with van der Waals surface area (Å²) in [4.78, 5) is 4.72. The first-order valence-electron chi connectivity index (χ1n) is 8.79. The molecule has 0 amide bonds. The summed E-state index contributed by atoms with van der Waals surface area (Å²) >= 11 is 0. The van der Waals surface area contributed by atoms with Crippen molar-refractivity contribution in [1.82, 2.24) is 14.6 Å². The van der Waals surface area contributed by atoms with Crippen LogP contribution in [0.2, 0.25) is 0 Å². The molecule has 2 heterocycles. The van der Waals surface area contributed by atoms with E-state index in [-0.39, 0.29) is 0 Å². The van der Waals surface area contributed by atoms with Crippen LogP contribution in [0, 0.1) is 27.7 Å². The van der Waals surface area contributed by atoms with Crippen LogP contribution < -0.4 is 5.32 Å². The van der Waals surface area contributed by atoms with Gasteiger partial charge in [-0.3, -0.25) is 0 Å². The third-order valence-corrected chi connectivity index (χ3v) is 4.77. The van der Waals surface area contributed by atoms with E-state index in [1.807, 2.05) is 35.7 Å². The zero-order valence-electron chi connectivity index (χ0n) is 15.5. The van der Waals surface area contributed by atoms with E-state index in [4.69, 9.17) is 10.1 Å². The molecule has 0 fully saturated rings. The van der Waals surface area contributed by atoms with Gasteiger partial charge >= 0.3 is 0 Å². The van der Waals surface area contributed by atoms with Gasteiger partial charge in [0.15, 0.2) is 5.65 Å². The molecule has 1 N–H and O–H groups in total. The van der Waals surface area contributed by atoms with Crippen molar-refractivity contribution < 1.29 is 0 Å². The summed E-state index contributed by atoms with van der Waals surface area (Å²) in [5.74, 6) is 0.918. The Kier molecular flexibility index (Phi) is 3.96. The van der Waals surface area contributed by atoms with Crippen molar-refractivity contribution in [2.75, 3.05) is 5.32 Å². The fourth-order valence-electron chi connectivity index (χ4n) is 3.17. The van der Waals surface area contributed by atoms with E-state index in [9.17, 15) is 0 Å². The summed E-state index contributed by atoms with van der Waals surface area (Å²) in [6.45, 7) is 8.34. The van der Waals surface area contributed by atoms with Crippen molar-refractivity contribution in [1.29, 1.82) is 0 Å². The van der Waals surface area contributed by atoms with Gasteiger partial charge in [0.2, 0.25) is 0 Å². The Labute approximate surface area is 153 Å². The first-order valence-corrected chi connectivity index (χ1v) is 8.79. The quantitative estimate of drug-likeness (QED) is 0.544. The maximum absolute atomic E-state index is 4.85. The van der Waals surface area contributed by atoms with Crippen LogP contribution in [-0.2, 0) is 0 Å². The molecule has 4 heteroatoms. The molecule has 0 bridgehead atoms. The lowest BCUT2D eigenvalue weighted by Crippen LogP contribution is -2.03. The van der Waals surface area contributed by atoms with E-state index in [1.165, 1.54) is 11.1 Å². The topological polar surface area (TPSA) is 42.2 Å². The second kappa shape index (κ2) is 6.30. The summed E-state index contributed by atoms with van der Waals surface area (Å²) in [5.41, 5.74) is 8.60. The van der Waals surface area contributed by atoms with Crippen LogP contribution in [0.3, 0.4) is 0 Å². The zero-order valence-corrected chi connectivity index (χ0v) is 15.5. The normalized spacial score (nSPS) is 11.1. The van der Waals surface area contributed by atoms with E-state index in [2.05, 4.69) is 56.4 Å². The predicted octanol–water partition coefficient (Wildman–Crippen LogP) is 5.37. The first-order chi connectivity index (χ1) is 12.5. The minimum Gasteiger partial charge on any atom is -0.340 e. The fourth-order valence-corrected chi connectivity index (χ4v) is 3.17. The lowest BCUT2D eigenvalue weighted by Gasteiger charge is -2.11. The number of anilines is 2. The SMILES string of the molecule is Cc1cc(Nc2ccc(C)c(C)c2)n2nc(-c3ccccc3)c(C)c2n1. The number of nitrogens with zero attached hydrogens (tertiary/aromatic N) is 3.